The summed E-state index contributed by atoms with van der Waals surface area (Å²) in [6, 6.07) is 2.61. The van der Waals surface area contributed by atoms with Crippen LogP contribution in [0.5, 0.6) is 0 Å². The number of carbonyl (C=O) groups excluding carboxylic acids is 1. The van der Waals surface area contributed by atoms with Gasteiger partial charge in [-0.25, -0.2) is 13.2 Å². The lowest BCUT2D eigenvalue weighted by molar-refractivity contribution is 0.0483. The highest BCUT2D eigenvalue weighted by atomic mass is 32.2. The predicted octanol–water partition coefficient (Wildman–Crippen LogP) is 1.57. The van der Waals surface area contributed by atoms with Crippen LogP contribution >= 0.6 is 0 Å². The van der Waals surface area contributed by atoms with Crippen LogP contribution < -0.4 is 0 Å². The Morgan fingerprint density at radius 1 is 1.22 bits per heavy atom. The van der Waals surface area contributed by atoms with Crippen LogP contribution in [0, 0.1) is 13.8 Å². The number of rotatable bonds is 6. The van der Waals surface area contributed by atoms with Gasteiger partial charge in [0.05, 0.1) is 12.3 Å². The van der Waals surface area contributed by atoms with E-state index in [2.05, 4.69) is 10.1 Å². The number of ether oxygens (including phenoxy) is 1. The number of hydrogen-bond donors (Lipinski definition) is 0. The van der Waals surface area contributed by atoms with E-state index in [-0.39, 0.29) is 17.5 Å². The molecule has 1 aliphatic rings. The zero-order valence-electron chi connectivity index (χ0n) is 15.6. The highest BCUT2D eigenvalue weighted by Crippen LogP contribution is 2.22. The maximum Gasteiger partial charge on any atom is 0.374 e. The molecule has 0 aromatic carbocycles. The summed E-state index contributed by atoms with van der Waals surface area (Å²) in [5.41, 5.74) is 1.89. The van der Waals surface area contributed by atoms with Crippen molar-refractivity contribution < 1.29 is 26.9 Å². The molecule has 1 aliphatic heterocycles. The summed E-state index contributed by atoms with van der Waals surface area (Å²) in [7, 11) is -3.79. The molecule has 0 radical (unpaired) electrons. The van der Waals surface area contributed by atoms with Crippen molar-refractivity contribution in [3.8, 4) is 0 Å². The molecule has 0 aliphatic carbocycles. The van der Waals surface area contributed by atoms with E-state index in [9.17, 15) is 13.2 Å². The molecule has 0 spiro atoms. The van der Waals surface area contributed by atoms with Crippen LogP contribution in [-0.2, 0) is 21.3 Å². The summed E-state index contributed by atoms with van der Waals surface area (Å²) in [6.07, 6.45) is 0. The second kappa shape index (κ2) is 7.83. The van der Waals surface area contributed by atoms with Crippen molar-refractivity contribution in [3.63, 3.8) is 0 Å². The molecule has 2 aromatic heterocycles. The Morgan fingerprint density at radius 2 is 1.93 bits per heavy atom. The van der Waals surface area contributed by atoms with E-state index in [1.54, 1.807) is 6.92 Å². The molecule has 27 heavy (non-hydrogen) atoms. The Balaban J connectivity index is 1.64. The standard InChI is InChI=1S/C17H23N3O6S/c1-4-24-17(21)15-5-6-16(25-15)27(22,23)20-9-7-19(8-10-20)11-14-12(2)18-26-13(14)3/h5-6H,4,7-11H2,1-3H3. The largest absolute Gasteiger partial charge is 0.460 e. The molecule has 0 bridgehead atoms. The fraction of sp³-hybridized carbons (Fsp3) is 0.529. The van der Waals surface area contributed by atoms with Crippen molar-refractivity contribution in [3.05, 3.63) is 34.9 Å². The Kier molecular flexibility index (Phi) is 5.68. The molecular weight excluding hydrogens is 374 g/mol. The van der Waals surface area contributed by atoms with Crippen molar-refractivity contribution in [2.45, 2.75) is 32.4 Å². The van der Waals surface area contributed by atoms with Gasteiger partial charge in [-0.1, -0.05) is 5.16 Å². The first-order chi connectivity index (χ1) is 12.8. The summed E-state index contributed by atoms with van der Waals surface area (Å²) >= 11 is 0. The first-order valence-electron chi connectivity index (χ1n) is 8.74. The number of carbonyl (C=O) groups is 1. The number of piperazine rings is 1. The van der Waals surface area contributed by atoms with Gasteiger partial charge in [-0.05, 0) is 32.9 Å². The molecule has 0 N–H and O–H groups in total. The number of aromatic nitrogens is 1. The molecule has 148 valence electrons. The van der Waals surface area contributed by atoms with E-state index >= 15 is 0 Å². The van der Waals surface area contributed by atoms with Gasteiger partial charge in [-0.2, -0.15) is 4.31 Å². The van der Waals surface area contributed by atoms with Gasteiger partial charge in [0.15, 0.2) is 0 Å². The van der Waals surface area contributed by atoms with Crippen LogP contribution in [0.3, 0.4) is 0 Å². The van der Waals surface area contributed by atoms with Crippen molar-refractivity contribution in [2.75, 3.05) is 32.8 Å². The van der Waals surface area contributed by atoms with E-state index < -0.39 is 16.0 Å². The highest BCUT2D eigenvalue weighted by molar-refractivity contribution is 7.89. The molecule has 3 heterocycles. The van der Waals surface area contributed by atoms with Gasteiger partial charge >= 0.3 is 5.97 Å². The minimum Gasteiger partial charge on any atom is -0.460 e. The first-order valence-corrected chi connectivity index (χ1v) is 10.2. The van der Waals surface area contributed by atoms with Gasteiger partial charge in [0, 0.05) is 38.3 Å². The predicted molar refractivity (Wildman–Crippen MR) is 94.7 cm³/mol. The SMILES string of the molecule is CCOC(=O)c1ccc(S(=O)(=O)N2CCN(Cc3c(C)noc3C)CC2)o1. The maximum absolute atomic E-state index is 12.7. The summed E-state index contributed by atoms with van der Waals surface area (Å²) in [6.45, 7) is 8.11. The number of nitrogens with zero attached hydrogens (tertiary/aromatic N) is 3. The maximum atomic E-state index is 12.7. The summed E-state index contributed by atoms with van der Waals surface area (Å²) in [5, 5.41) is 3.70. The first kappa shape index (κ1) is 19.6. The van der Waals surface area contributed by atoms with Crippen LogP contribution in [-0.4, -0.2) is 61.5 Å². The Hall–Kier alpha value is -2.17. The molecule has 0 atom stereocenters. The smallest absolute Gasteiger partial charge is 0.374 e. The van der Waals surface area contributed by atoms with E-state index in [0.29, 0.717) is 32.7 Å². The van der Waals surface area contributed by atoms with Crippen molar-refractivity contribution in [1.82, 2.24) is 14.4 Å². The molecule has 9 nitrogen and oxygen atoms in total. The topological polar surface area (TPSA) is 106 Å². The molecule has 0 unspecified atom stereocenters. The average Bonchev–Trinajstić information content (AvgIpc) is 3.26. The summed E-state index contributed by atoms with van der Waals surface area (Å²) < 4.78 is 42.1. The second-order valence-electron chi connectivity index (χ2n) is 6.32. The molecule has 1 saturated heterocycles. The number of hydrogen-bond acceptors (Lipinski definition) is 8. The number of sulfonamides is 1. The zero-order chi connectivity index (χ0) is 19.6. The monoisotopic (exact) mass is 397 g/mol. The van der Waals surface area contributed by atoms with Crippen LogP contribution in [0.1, 0.15) is 34.5 Å². The van der Waals surface area contributed by atoms with Gasteiger partial charge in [0.25, 0.3) is 10.0 Å². The van der Waals surface area contributed by atoms with E-state index in [4.69, 9.17) is 13.7 Å². The third-order valence-electron chi connectivity index (χ3n) is 4.55. The minimum absolute atomic E-state index is 0.118. The third-order valence-corrected chi connectivity index (χ3v) is 6.32. The Bertz CT molecular complexity index is 889. The molecule has 10 heteroatoms. The lowest BCUT2D eigenvalue weighted by Gasteiger charge is -2.33. The lowest BCUT2D eigenvalue weighted by Crippen LogP contribution is -2.48. The van der Waals surface area contributed by atoms with E-state index in [1.807, 2.05) is 13.8 Å². The fourth-order valence-electron chi connectivity index (χ4n) is 2.98. The summed E-state index contributed by atoms with van der Waals surface area (Å²) in [5.74, 6) is -0.0136. The lowest BCUT2D eigenvalue weighted by atomic mass is 10.2. The Labute approximate surface area is 157 Å². The van der Waals surface area contributed by atoms with Crippen LogP contribution in [0.25, 0.3) is 0 Å². The number of furan rings is 1. The van der Waals surface area contributed by atoms with Gasteiger partial charge in [-0.3, -0.25) is 4.90 Å². The van der Waals surface area contributed by atoms with Crippen molar-refractivity contribution in [2.24, 2.45) is 0 Å². The van der Waals surface area contributed by atoms with E-state index in [0.717, 1.165) is 17.0 Å². The van der Waals surface area contributed by atoms with Crippen LogP contribution in [0.2, 0.25) is 0 Å². The molecular formula is C17H23N3O6S. The normalized spacial score (nSPS) is 16.6. The van der Waals surface area contributed by atoms with Crippen molar-refractivity contribution in [1.29, 1.82) is 0 Å². The highest BCUT2D eigenvalue weighted by Gasteiger charge is 2.32. The average molecular weight is 397 g/mol. The quantitative estimate of drug-likeness (QED) is 0.676. The minimum atomic E-state index is -3.79. The van der Waals surface area contributed by atoms with Gasteiger partial charge in [0.2, 0.25) is 10.9 Å². The molecule has 3 rings (SSSR count). The molecule has 1 fully saturated rings. The second-order valence-corrected chi connectivity index (χ2v) is 8.19. The molecule has 2 aromatic rings. The number of esters is 1. The zero-order valence-corrected chi connectivity index (χ0v) is 16.4. The molecule has 0 amide bonds. The van der Waals surface area contributed by atoms with Gasteiger partial charge in [-0.15, -0.1) is 0 Å². The molecule has 0 saturated carbocycles. The van der Waals surface area contributed by atoms with Crippen LogP contribution in [0.4, 0.5) is 0 Å². The van der Waals surface area contributed by atoms with Crippen LogP contribution in [0.15, 0.2) is 26.2 Å². The summed E-state index contributed by atoms with van der Waals surface area (Å²) in [4.78, 5) is 13.8. The Morgan fingerprint density at radius 3 is 2.52 bits per heavy atom. The van der Waals surface area contributed by atoms with Gasteiger partial charge in [0.1, 0.15) is 5.76 Å². The third kappa shape index (κ3) is 4.07. The fourth-order valence-corrected chi connectivity index (χ4v) is 4.31. The van der Waals surface area contributed by atoms with E-state index in [1.165, 1.54) is 16.4 Å². The van der Waals surface area contributed by atoms with Gasteiger partial charge < -0.3 is 13.7 Å². The van der Waals surface area contributed by atoms with Crippen molar-refractivity contribution >= 4 is 16.0 Å². The number of aryl methyl sites for hydroxylation is 2.